The summed E-state index contributed by atoms with van der Waals surface area (Å²) in [5.74, 6) is -0.239. The van der Waals surface area contributed by atoms with Crippen LogP contribution in [0.3, 0.4) is 0 Å². The number of carbonyl (C=O) groups excluding carboxylic acids is 1. The van der Waals surface area contributed by atoms with E-state index in [0.29, 0.717) is 5.56 Å². The minimum atomic E-state index is -3.29. The Morgan fingerprint density at radius 3 is 2.60 bits per heavy atom. The zero-order valence-electron chi connectivity index (χ0n) is 13.5. The highest BCUT2D eigenvalue weighted by atomic mass is 32.2. The molecule has 0 spiro atoms. The molecule has 1 aromatic heterocycles. The number of rotatable bonds is 5. The van der Waals surface area contributed by atoms with Gasteiger partial charge in [0.2, 0.25) is 5.82 Å². The molecule has 0 saturated heterocycles. The average Bonchev–Trinajstić information content (AvgIpc) is 3.10. The summed E-state index contributed by atoms with van der Waals surface area (Å²) in [5.41, 5.74) is 1.41. The summed E-state index contributed by atoms with van der Waals surface area (Å²) in [6.45, 7) is 0.184. The molecule has 25 heavy (non-hydrogen) atoms. The fourth-order valence-electron chi connectivity index (χ4n) is 2.30. The van der Waals surface area contributed by atoms with Gasteiger partial charge in [-0.2, -0.15) is 5.10 Å². The molecule has 0 unspecified atom stereocenters. The minimum Gasteiger partial charge on any atom is -0.345 e. The molecule has 0 aliphatic heterocycles. The molecule has 0 radical (unpaired) electrons. The third-order valence-corrected chi connectivity index (χ3v) is 4.64. The van der Waals surface area contributed by atoms with Crippen molar-refractivity contribution in [3.05, 3.63) is 72.3 Å². The lowest BCUT2D eigenvalue weighted by Gasteiger charge is -2.08. The molecule has 0 saturated carbocycles. The Balaban J connectivity index is 1.76. The van der Waals surface area contributed by atoms with Crippen molar-refractivity contribution in [3.8, 4) is 5.69 Å². The van der Waals surface area contributed by atoms with Crippen molar-refractivity contribution < 1.29 is 13.2 Å². The summed E-state index contributed by atoms with van der Waals surface area (Å²) in [4.78, 5) is 16.6. The molecule has 1 heterocycles. The third kappa shape index (κ3) is 3.92. The Bertz CT molecular complexity index is 997. The van der Waals surface area contributed by atoms with E-state index in [1.165, 1.54) is 23.1 Å². The Hall–Kier alpha value is -3.00. The zero-order valence-corrected chi connectivity index (χ0v) is 14.3. The number of carbonyl (C=O) groups is 1. The van der Waals surface area contributed by atoms with Crippen molar-refractivity contribution in [2.24, 2.45) is 0 Å². The Morgan fingerprint density at radius 1 is 1.12 bits per heavy atom. The molecule has 1 N–H and O–H groups in total. The van der Waals surface area contributed by atoms with Crippen LogP contribution in [-0.2, 0) is 16.4 Å². The van der Waals surface area contributed by atoms with Gasteiger partial charge in [-0.3, -0.25) is 4.79 Å². The Kier molecular flexibility index (Phi) is 4.62. The maximum absolute atomic E-state index is 12.4. The summed E-state index contributed by atoms with van der Waals surface area (Å²) in [6, 6.07) is 15.6. The van der Waals surface area contributed by atoms with Crippen molar-refractivity contribution in [1.29, 1.82) is 0 Å². The van der Waals surface area contributed by atoms with Crippen LogP contribution in [0.4, 0.5) is 0 Å². The second kappa shape index (κ2) is 6.86. The van der Waals surface area contributed by atoms with Gasteiger partial charge in [-0.25, -0.2) is 18.1 Å². The maximum atomic E-state index is 12.4. The average molecular weight is 356 g/mol. The van der Waals surface area contributed by atoms with E-state index < -0.39 is 15.7 Å². The third-order valence-electron chi connectivity index (χ3n) is 3.53. The van der Waals surface area contributed by atoms with E-state index >= 15 is 0 Å². The standard InChI is InChI=1S/C17H16N4O3S/c1-25(23,24)15-9-5-6-13(10-15)11-18-17(22)16-19-12-20-21(16)14-7-3-2-4-8-14/h2-10,12H,11H2,1H3,(H,18,22). The molecule has 7 nitrogen and oxygen atoms in total. The highest BCUT2D eigenvalue weighted by molar-refractivity contribution is 7.90. The number of aromatic nitrogens is 3. The molecular formula is C17H16N4O3S. The first-order chi connectivity index (χ1) is 11.9. The fourth-order valence-corrected chi connectivity index (χ4v) is 2.99. The second-order valence-electron chi connectivity index (χ2n) is 5.43. The smallest absolute Gasteiger partial charge is 0.289 e. The SMILES string of the molecule is CS(=O)(=O)c1cccc(CNC(=O)c2ncnn2-c2ccccc2)c1. The highest BCUT2D eigenvalue weighted by Gasteiger charge is 2.15. The molecule has 128 valence electrons. The van der Waals surface area contributed by atoms with Crippen LogP contribution in [-0.4, -0.2) is 35.3 Å². The molecule has 3 aromatic rings. The first-order valence-electron chi connectivity index (χ1n) is 7.48. The Labute approximate surface area is 145 Å². The molecule has 3 rings (SSSR count). The van der Waals surface area contributed by atoms with E-state index in [0.717, 1.165) is 11.9 Å². The topological polar surface area (TPSA) is 93.9 Å². The second-order valence-corrected chi connectivity index (χ2v) is 7.45. The number of para-hydroxylation sites is 1. The number of hydrogen-bond acceptors (Lipinski definition) is 5. The summed E-state index contributed by atoms with van der Waals surface area (Å²) >= 11 is 0. The minimum absolute atomic E-state index is 0.158. The molecule has 0 atom stereocenters. The number of hydrogen-bond donors (Lipinski definition) is 1. The highest BCUT2D eigenvalue weighted by Crippen LogP contribution is 2.12. The monoisotopic (exact) mass is 356 g/mol. The number of nitrogens with zero attached hydrogens (tertiary/aromatic N) is 3. The van der Waals surface area contributed by atoms with Crippen LogP contribution in [0.15, 0.2) is 65.8 Å². The molecule has 0 aliphatic rings. The zero-order chi connectivity index (χ0) is 17.9. The largest absolute Gasteiger partial charge is 0.345 e. The predicted octanol–water partition coefficient (Wildman–Crippen LogP) is 1.60. The number of sulfone groups is 1. The van der Waals surface area contributed by atoms with Gasteiger partial charge in [0, 0.05) is 12.8 Å². The van der Waals surface area contributed by atoms with E-state index in [1.807, 2.05) is 30.3 Å². The van der Waals surface area contributed by atoms with Crippen LogP contribution in [0.1, 0.15) is 16.2 Å². The van der Waals surface area contributed by atoms with E-state index in [4.69, 9.17) is 0 Å². The number of amides is 1. The Morgan fingerprint density at radius 2 is 1.88 bits per heavy atom. The van der Waals surface area contributed by atoms with Crippen molar-refractivity contribution in [3.63, 3.8) is 0 Å². The number of benzene rings is 2. The van der Waals surface area contributed by atoms with Gasteiger partial charge in [-0.05, 0) is 29.8 Å². The quantitative estimate of drug-likeness (QED) is 0.749. The van der Waals surface area contributed by atoms with Crippen molar-refractivity contribution in [1.82, 2.24) is 20.1 Å². The van der Waals surface area contributed by atoms with E-state index in [9.17, 15) is 13.2 Å². The predicted molar refractivity (Wildman–Crippen MR) is 92.1 cm³/mol. The van der Waals surface area contributed by atoms with Gasteiger partial charge >= 0.3 is 0 Å². The summed E-state index contributed by atoms with van der Waals surface area (Å²) in [7, 11) is -3.29. The van der Waals surface area contributed by atoms with E-state index in [1.54, 1.807) is 12.1 Å². The molecule has 0 aliphatic carbocycles. The van der Waals surface area contributed by atoms with Crippen molar-refractivity contribution >= 4 is 15.7 Å². The number of nitrogens with one attached hydrogen (secondary N) is 1. The summed E-state index contributed by atoms with van der Waals surface area (Å²) < 4.78 is 24.7. The molecule has 2 aromatic carbocycles. The first-order valence-corrected chi connectivity index (χ1v) is 9.37. The van der Waals surface area contributed by atoms with Gasteiger partial charge in [0.15, 0.2) is 9.84 Å². The van der Waals surface area contributed by atoms with Crippen LogP contribution in [0, 0.1) is 0 Å². The van der Waals surface area contributed by atoms with Gasteiger partial charge < -0.3 is 5.32 Å². The van der Waals surface area contributed by atoms with Crippen LogP contribution in [0.25, 0.3) is 5.69 Å². The van der Waals surface area contributed by atoms with Crippen LogP contribution in [0.2, 0.25) is 0 Å². The molecule has 0 fully saturated rings. The maximum Gasteiger partial charge on any atom is 0.289 e. The van der Waals surface area contributed by atoms with Gasteiger partial charge in [0.1, 0.15) is 6.33 Å². The summed E-state index contributed by atoms with van der Waals surface area (Å²) in [5, 5.41) is 6.81. The lowest BCUT2D eigenvalue weighted by atomic mass is 10.2. The molecule has 0 bridgehead atoms. The van der Waals surface area contributed by atoms with Gasteiger partial charge in [-0.1, -0.05) is 30.3 Å². The van der Waals surface area contributed by atoms with E-state index in [2.05, 4.69) is 15.4 Å². The first kappa shape index (κ1) is 16.8. The van der Waals surface area contributed by atoms with Crippen molar-refractivity contribution in [2.45, 2.75) is 11.4 Å². The molecule has 1 amide bonds. The van der Waals surface area contributed by atoms with Crippen LogP contribution in [0.5, 0.6) is 0 Å². The molecular weight excluding hydrogens is 340 g/mol. The van der Waals surface area contributed by atoms with Crippen LogP contribution < -0.4 is 5.32 Å². The molecule has 8 heteroatoms. The van der Waals surface area contributed by atoms with Gasteiger partial charge in [-0.15, -0.1) is 0 Å². The van der Waals surface area contributed by atoms with Crippen LogP contribution >= 0.6 is 0 Å². The van der Waals surface area contributed by atoms with Gasteiger partial charge in [0.25, 0.3) is 5.91 Å². The lowest BCUT2D eigenvalue weighted by molar-refractivity contribution is 0.0938. The lowest BCUT2D eigenvalue weighted by Crippen LogP contribution is -2.26. The van der Waals surface area contributed by atoms with Crippen molar-refractivity contribution in [2.75, 3.05) is 6.26 Å². The van der Waals surface area contributed by atoms with Gasteiger partial charge in [0.05, 0.1) is 10.6 Å². The fraction of sp³-hybridized carbons (Fsp3) is 0.118. The normalized spacial score (nSPS) is 11.2. The van der Waals surface area contributed by atoms with E-state index in [-0.39, 0.29) is 17.3 Å². The summed E-state index contributed by atoms with van der Waals surface area (Å²) in [6.07, 6.45) is 2.46.